The Bertz CT molecular complexity index is 677. The van der Waals surface area contributed by atoms with Crippen LogP contribution >= 0.6 is 11.6 Å². The summed E-state index contributed by atoms with van der Waals surface area (Å²) in [6.07, 6.45) is 2.50. The fourth-order valence-corrected chi connectivity index (χ4v) is 2.38. The van der Waals surface area contributed by atoms with Crippen LogP contribution in [-0.2, 0) is 0 Å². The lowest BCUT2D eigenvalue weighted by molar-refractivity contribution is 0.233. The van der Waals surface area contributed by atoms with Crippen LogP contribution in [0.5, 0.6) is 0 Å². The van der Waals surface area contributed by atoms with Gasteiger partial charge in [-0.3, -0.25) is 0 Å². The van der Waals surface area contributed by atoms with Gasteiger partial charge in [0.05, 0.1) is 12.6 Å². The smallest absolute Gasteiger partial charge is 0.230 e. The molecule has 0 bridgehead atoms. The Labute approximate surface area is 125 Å². The highest BCUT2D eigenvalue weighted by Gasteiger charge is 2.23. The lowest BCUT2D eigenvalue weighted by Crippen LogP contribution is -2.38. The minimum Gasteiger partial charge on any atom is -0.387 e. The molecule has 0 spiro atoms. The van der Waals surface area contributed by atoms with Gasteiger partial charge in [0.2, 0.25) is 11.2 Å². The van der Waals surface area contributed by atoms with Gasteiger partial charge < -0.3 is 10.0 Å². The second-order valence-electron chi connectivity index (χ2n) is 4.64. The zero-order chi connectivity index (χ0) is 14.8. The normalized spacial score (nSPS) is 18.5. The van der Waals surface area contributed by atoms with Crippen LogP contribution in [0.15, 0.2) is 36.7 Å². The molecule has 1 aliphatic heterocycles. The monoisotopic (exact) mass is 306 g/mol. The van der Waals surface area contributed by atoms with Crippen molar-refractivity contribution in [2.45, 2.75) is 6.10 Å². The van der Waals surface area contributed by atoms with E-state index in [2.05, 4.69) is 15.0 Å². The van der Waals surface area contributed by atoms with Crippen molar-refractivity contribution in [2.24, 2.45) is 0 Å². The van der Waals surface area contributed by atoms with Gasteiger partial charge in [-0.2, -0.15) is 4.98 Å². The second-order valence-corrected chi connectivity index (χ2v) is 4.98. The largest absolute Gasteiger partial charge is 0.387 e. The number of nitrogens with zero attached hydrogens (tertiary/aromatic N) is 4. The van der Waals surface area contributed by atoms with E-state index >= 15 is 0 Å². The summed E-state index contributed by atoms with van der Waals surface area (Å²) in [6, 6.07) is 6.06. The van der Waals surface area contributed by atoms with Crippen molar-refractivity contribution in [2.75, 3.05) is 18.0 Å². The molecule has 0 aliphatic carbocycles. The minimum atomic E-state index is -0.709. The summed E-state index contributed by atoms with van der Waals surface area (Å²) in [6.45, 7) is 0.869. The van der Waals surface area contributed by atoms with E-state index in [1.165, 1.54) is 18.5 Å². The summed E-state index contributed by atoms with van der Waals surface area (Å²) in [7, 11) is 0. The van der Waals surface area contributed by atoms with Gasteiger partial charge in [-0.15, -0.1) is 0 Å². The topological polar surface area (TPSA) is 62.1 Å². The predicted molar refractivity (Wildman–Crippen MR) is 77.4 cm³/mol. The van der Waals surface area contributed by atoms with Crippen LogP contribution in [0.25, 0.3) is 5.57 Å². The first kappa shape index (κ1) is 13.9. The molecule has 1 atom stereocenters. The Kier molecular flexibility index (Phi) is 3.81. The SMILES string of the molecule is O[C@@H]1CN(c2ncnc(Cl)n2)CC=C1c1ccc(F)cc1. The first-order valence-electron chi connectivity index (χ1n) is 6.37. The molecular weight excluding hydrogens is 295 g/mol. The quantitative estimate of drug-likeness (QED) is 0.918. The van der Waals surface area contributed by atoms with Crippen molar-refractivity contribution < 1.29 is 9.50 Å². The van der Waals surface area contributed by atoms with Crippen LogP contribution in [0.3, 0.4) is 0 Å². The molecule has 2 aromatic rings. The average Bonchev–Trinajstić information content (AvgIpc) is 2.48. The van der Waals surface area contributed by atoms with Crippen LogP contribution in [-0.4, -0.2) is 39.3 Å². The number of β-amino-alcohol motifs (C(OH)–C–C–N with tert-alkyl or cyclic N) is 1. The maximum absolute atomic E-state index is 12.9. The van der Waals surface area contributed by atoms with Gasteiger partial charge in [-0.25, -0.2) is 14.4 Å². The summed E-state index contributed by atoms with van der Waals surface area (Å²) in [5.41, 5.74) is 1.57. The molecule has 108 valence electrons. The second kappa shape index (κ2) is 5.75. The highest BCUT2D eigenvalue weighted by molar-refractivity contribution is 6.28. The zero-order valence-electron chi connectivity index (χ0n) is 10.9. The highest BCUT2D eigenvalue weighted by Crippen LogP contribution is 2.24. The number of benzene rings is 1. The van der Waals surface area contributed by atoms with Gasteiger partial charge in [0, 0.05) is 6.54 Å². The third kappa shape index (κ3) is 3.01. The van der Waals surface area contributed by atoms with E-state index in [4.69, 9.17) is 11.6 Å². The van der Waals surface area contributed by atoms with E-state index in [0.29, 0.717) is 19.0 Å². The molecule has 0 radical (unpaired) electrons. The average molecular weight is 307 g/mol. The molecule has 0 saturated carbocycles. The number of hydrogen-bond acceptors (Lipinski definition) is 5. The molecule has 0 amide bonds. The lowest BCUT2D eigenvalue weighted by Gasteiger charge is -2.30. The van der Waals surface area contributed by atoms with E-state index in [9.17, 15) is 9.50 Å². The fourth-order valence-electron chi connectivity index (χ4n) is 2.26. The van der Waals surface area contributed by atoms with Gasteiger partial charge in [0.1, 0.15) is 12.1 Å². The minimum absolute atomic E-state index is 0.114. The van der Waals surface area contributed by atoms with Gasteiger partial charge in [-0.1, -0.05) is 18.2 Å². The van der Waals surface area contributed by atoms with Crippen LogP contribution < -0.4 is 4.90 Å². The van der Waals surface area contributed by atoms with E-state index < -0.39 is 6.10 Å². The number of aliphatic hydroxyl groups is 1. The molecule has 1 aliphatic rings. The van der Waals surface area contributed by atoms with Gasteiger partial charge in [0.15, 0.2) is 0 Å². The molecule has 0 fully saturated rings. The summed E-state index contributed by atoms with van der Waals surface area (Å²) in [5.74, 6) is 0.120. The Morgan fingerprint density at radius 2 is 2.00 bits per heavy atom. The zero-order valence-corrected chi connectivity index (χ0v) is 11.7. The standard InChI is InChI=1S/C14H12ClFN4O/c15-13-17-8-18-14(19-13)20-6-5-11(12(21)7-20)9-1-3-10(16)4-2-9/h1-5,8,12,21H,6-7H2/t12-/m1/s1. The number of halogens is 2. The van der Waals surface area contributed by atoms with Crippen molar-refractivity contribution >= 4 is 23.1 Å². The summed E-state index contributed by atoms with van der Waals surface area (Å²) in [5, 5.41) is 10.4. The molecule has 7 heteroatoms. The molecule has 1 N–H and O–H groups in total. The number of anilines is 1. The van der Waals surface area contributed by atoms with E-state index in [-0.39, 0.29) is 11.1 Å². The maximum atomic E-state index is 12.9. The number of hydrogen-bond donors (Lipinski definition) is 1. The number of aliphatic hydroxyl groups excluding tert-OH is 1. The van der Waals surface area contributed by atoms with Crippen molar-refractivity contribution in [3.05, 3.63) is 53.3 Å². The Morgan fingerprint density at radius 1 is 1.24 bits per heavy atom. The number of aromatic nitrogens is 3. The summed E-state index contributed by atoms with van der Waals surface area (Å²) >= 11 is 5.74. The fraction of sp³-hybridized carbons (Fsp3) is 0.214. The van der Waals surface area contributed by atoms with E-state index in [0.717, 1.165) is 11.1 Å². The maximum Gasteiger partial charge on any atom is 0.230 e. The molecule has 0 unspecified atom stereocenters. The van der Waals surface area contributed by atoms with Crippen LogP contribution in [0.4, 0.5) is 10.3 Å². The van der Waals surface area contributed by atoms with Crippen LogP contribution in [0.2, 0.25) is 5.28 Å². The predicted octanol–water partition coefficient (Wildman–Crippen LogP) is 1.93. The van der Waals surface area contributed by atoms with Crippen LogP contribution in [0.1, 0.15) is 5.56 Å². The summed E-state index contributed by atoms with van der Waals surface area (Å²) in [4.78, 5) is 13.6. The Morgan fingerprint density at radius 3 is 2.67 bits per heavy atom. The first-order valence-corrected chi connectivity index (χ1v) is 6.75. The first-order chi connectivity index (χ1) is 10.1. The highest BCUT2D eigenvalue weighted by atomic mass is 35.5. The third-order valence-corrected chi connectivity index (χ3v) is 3.46. The molecule has 5 nitrogen and oxygen atoms in total. The molecule has 21 heavy (non-hydrogen) atoms. The van der Waals surface area contributed by atoms with Gasteiger partial charge in [-0.05, 0) is 34.9 Å². The van der Waals surface area contributed by atoms with E-state index in [1.54, 1.807) is 17.0 Å². The van der Waals surface area contributed by atoms with Crippen molar-refractivity contribution in [3.63, 3.8) is 0 Å². The molecular formula is C14H12ClFN4O. The summed E-state index contributed by atoms with van der Waals surface area (Å²) < 4.78 is 12.9. The van der Waals surface area contributed by atoms with Crippen molar-refractivity contribution in [1.82, 2.24) is 15.0 Å². The molecule has 3 rings (SSSR count). The molecule has 2 heterocycles. The van der Waals surface area contributed by atoms with Crippen molar-refractivity contribution in [1.29, 1.82) is 0 Å². The Balaban J connectivity index is 1.83. The van der Waals surface area contributed by atoms with Gasteiger partial charge >= 0.3 is 0 Å². The Hall–Kier alpha value is -2.05. The van der Waals surface area contributed by atoms with Crippen LogP contribution in [0, 0.1) is 5.82 Å². The van der Waals surface area contributed by atoms with E-state index in [1.807, 2.05) is 6.08 Å². The lowest BCUT2D eigenvalue weighted by atomic mass is 9.97. The molecule has 1 aromatic heterocycles. The third-order valence-electron chi connectivity index (χ3n) is 3.27. The molecule has 0 saturated heterocycles. The van der Waals surface area contributed by atoms with Gasteiger partial charge in [0.25, 0.3) is 0 Å². The van der Waals surface area contributed by atoms with Crippen molar-refractivity contribution in [3.8, 4) is 0 Å². The number of rotatable bonds is 2. The molecule has 1 aromatic carbocycles.